The predicted molar refractivity (Wildman–Crippen MR) is 103 cm³/mol. The standard InChI is InChI=1S/C19H13ClFN3OS/c1-24-16-4-2-3-14(21)13(16)9-17(24)18(25)23-19-22-15(10-26-19)11-5-7-12(20)8-6-11/h2-10H,1H3,(H,22,23,25). The molecule has 2 aromatic carbocycles. The van der Waals surface area contributed by atoms with Crippen LogP contribution in [0.1, 0.15) is 10.5 Å². The Hall–Kier alpha value is -2.70. The number of aryl methyl sites for hydroxylation is 1. The van der Waals surface area contributed by atoms with Crippen molar-refractivity contribution in [3.63, 3.8) is 0 Å². The number of anilines is 1. The van der Waals surface area contributed by atoms with E-state index in [0.717, 1.165) is 11.3 Å². The number of hydrogen-bond donors (Lipinski definition) is 1. The number of fused-ring (bicyclic) bond motifs is 1. The van der Waals surface area contributed by atoms with Gasteiger partial charge in [-0.25, -0.2) is 9.37 Å². The minimum Gasteiger partial charge on any atom is -0.340 e. The summed E-state index contributed by atoms with van der Waals surface area (Å²) in [5, 5.41) is 6.19. The summed E-state index contributed by atoms with van der Waals surface area (Å²) in [5.74, 6) is -0.684. The number of rotatable bonds is 3. The first-order chi connectivity index (χ1) is 12.5. The van der Waals surface area contributed by atoms with Crippen LogP contribution in [0.25, 0.3) is 22.2 Å². The molecule has 2 aromatic heterocycles. The summed E-state index contributed by atoms with van der Waals surface area (Å²) in [6.07, 6.45) is 0. The maximum absolute atomic E-state index is 13.9. The van der Waals surface area contributed by atoms with Gasteiger partial charge in [-0.15, -0.1) is 11.3 Å². The fourth-order valence-corrected chi connectivity index (χ4v) is 3.63. The molecule has 2 heterocycles. The molecule has 0 atom stereocenters. The Morgan fingerprint density at radius 1 is 1.23 bits per heavy atom. The lowest BCUT2D eigenvalue weighted by Gasteiger charge is -2.04. The van der Waals surface area contributed by atoms with Crippen LogP contribution in [0.5, 0.6) is 0 Å². The molecule has 0 saturated carbocycles. The van der Waals surface area contributed by atoms with E-state index >= 15 is 0 Å². The zero-order valence-corrected chi connectivity index (χ0v) is 15.2. The van der Waals surface area contributed by atoms with Crippen molar-refractivity contribution >= 4 is 44.9 Å². The molecule has 4 nitrogen and oxygen atoms in total. The number of aromatic nitrogens is 2. The van der Waals surface area contributed by atoms with Gasteiger partial charge in [0.15, 0.2) is 5.13 Å². The fraction of sp³-hybridized carbons (Fsp3) is 0.0526. The van der Waals surface area contributed by atoms with E-state index in [-0.39, 0.29) is 11.7 Å². The van der Waals surface area contributed by atoms with Gasteiger partial charge in [-0.2, -0.15) is 0 Å². The van der Waals surface area contributed by atoms with Crippen LogP contribution >= 0.6 is 22.9 Å². The first-order valence-electron chi connectivity index (χ1n) is 7.79. The summed E-state index contributed by atoms with van der Waals surface area (Å²) < 4.78 is 15.6. The molecule has 0 saturated heterocycles. The minimum atomic E-state index is -0.351. The van der Waals surface area contributed by atoms with Crippen molar-refractivity contribution in [2.45, 2.75) is 0 Å². The van der Waals surface area contributed by atoms with Gasteiger partial charge in [0, 0.05) is 28.4 Å². The van der Waals surface area contributed by atoms with Crippen LogP contribution in [0, 0.1) is 5.82 Å². The van der Waals surface area contributed by atoms with E-state index in [1.807, 2.05) is 17.5 Å². The smallest absolute Gasteiger partial charge is 0.274 e. The first-order valence-corrected chi connectivity index (χ1v) is 9.05. The fourth-order valence-electron chi connectivity index (χ4n) is 2.79. The van der Waals surface area contributed by atoms with E-state index < -0.39 is 0 Å². The van der Waals surface area contributed by atoms with Crippen LogP contribution in [0.3, 0.4) is 0 Å². The molecule has 7 heteroatoms. The molecule has 4 aromatic rings. The summed E-state index contributed by atoms with van der Waals surface area (Å²) in [7, 11) is 1.73. The van der Waals surface area contributed by atoms with E-state index in [1.54, 1.807) is 41.9 Å². The number of hydrogen-bond acceptors (Lipinski definition) is 3. The summed E-state index contributed by atoms with van der Waals surface area (Å²) in [6.45, 7) is 0. The molecule has 0 aliphatic carbocycles. The molecule has 0 unspecified atom stereocenters. The number of nitrogens with zero attached hydrogens (tertiary/aromatic N) is 2. The summed E-state index contributed by atoms with van der Waals surface area (Å²) in [6, 6.07) is 13.6. The zero-order valence-electron chi connectivity index (χ0n) is 13.7. The van der Waals surface area contributed by atoms with Crippen molar-refractivity contribution in [3.8, 4) is 11.3 Å². The Bertz CT molecular complexity index is 1120. The number of nitrogens with one attached hydrogen (secondary N) is 1. The van der Waals surface area contributed by atoms with Crippen LogP contribution in [-0.2, 0) is 7.05 Å². The molecule has 0 radical (unpaired) electrons. The number of benzene rings is 2. The van der Waals surface area contributed by atoms with Gasteiger partial charge in [0.25, 0.3) is 5.91 Å². The zero-order chi connectivity index (χ0) is 18.3. The Kier molecular flexibility index (Phi) is 4.22. The van der Waals surface area contributed by atoms with Crippen molar-refractivity contribution < 1.29 is 9.18 Å². The third-order valence-electron chi connectivity index (χ3n) is 4.13. The molecule has 130 valence electrons. The van der Waals surface area contributed by atoms with Crippen molar-refractivity contribution in [2.24, 2.45) is 7.05 Å². The van der Waals surface area contributed by atoms with Gasteiger partial charge in [0.2, 0.25) is 0 Å². The Morgan fingerprint density at radius 2 is 2.00 bits per heavy atom. The van der Waals surface area contributed by atoms with Crippen LogP contribution in [-0.4, -0.2) is 15.5 Å². The largest absolute Gasteiger partial charge is 0.340 e. The average molecular weight is 386 g/mol. The highest BCUT2D eigenvalue weighted by Gasteiger charge is 2.17. The second-order valence-electron chi connectivity index (χ2n) is 5.76. The third-order valence-corrected chi connectivity index (χ3v) is 5.14. The monoisotopic (exact) mass is 385 g/mol. The summed E-state index contributed by atoms with van der Waals surface area (Å²) in [4.78, 5) is 17.0. The number of halogens is 2. The van der Waals surface area contributed by atoms with Crippen molar-refractivity contribution in [3.05, 3.63) is 70.4 Å². The van der Waals surface area contributed by atoms with E-state index in [0.29, 0.717) is 26.8 Å². The van der Waals surface area contributed by atoms with E-state index in [9.17, 15) is 9.18 Å². The van der Waals surface area contributed by atoms with Gasteiger partial charge in [0.05, 0.1) is 11.2 Å². The summed E-state index contributed by atoms with van der Waals surface area (Å²) >= 11 is 7.22. The normalized spacial score (nSPS) is 11.0. The molecule has 0 aliphatic rings. The number of amides is 1. The molecular formula is C19H13ClFN3OS. The maximum atomic E-state index is 13.9. The van der Waals surface area contributed by atoms with Gasteiger partial charge in [-0.3, -0.25) is 10.1 Å². The van der Waals surface area contributed by atoms with E-state index in [2.05, 4.69) is 10.3 Å². The quantitative estimate of drug-likeness (QED) is 0.517. The Morgan fingerprint density at radius 3 is 2.73 bits per heavy atom. The van der Waals surface area contributed by atoms with Gasteiger partial charge in [0.1, 0.15) is 11.5 Å². The third kappa shape index (κ3) is 2.98. The highest BCUT2D eigenvalue weighted by molar-refractivity contribution is 7.14. The molecule has 1 N–H and O–H groups in total. The SMILES string of the molecule is Cn1c(C(=O)Nc2nc(-c3ccc(Cl)cc3)cs2)cc2c(F)cccc21. The molecule has 0 spiro atoms. The van der Waals surface area contributed by atoms with E-state index in [4.69, 9.17) is 11.6 Å². The van der Waals surface area contributed by atoms with Crippen LogP contribution in [0.2, 0.25) is 5.02 Å². The van der Waals surface area contributed by atoms with Crippen molar-refractivity contribution in [1.82, 2.24) is 9.55 Å². The van der Waals surface area contributed by atoms with Crippen molar-refractivity contribution in [2.75, 3.05) is 5.32 Å². The first kappa shape index (κ1) is 16.8. The van der Waals surface area contributed by atoms with Crippen molar-refractivity contribution in [1.29, 1.82) is 0 Å². The average Bonchev–Trinajstić information content (AvgIpc) is 3.22. The van der Waals surface area contributed by atoms with Gasteiger partial charge in [-0.1, -0.05) is 29.8 Å². The Labute approximate surface area is 157 Å². The second-order valence-corrected chi connectivity index (χ2v) is 7.05. The van der Waals surface area contributed by atoms with Gasteiger partial charge in [-0.05, 0) is 30.3 Å². The lowest BCUT2D eigenvalue weighted by atomic mass is 10.2. The van der Waals surface area contributed by atoms with Gasteiger partial charge >= 0.3 is 0 Å². The lowest BCUT2D eigenvalue weighted by Crippen LogP contribution is -2.15. The Balaban J connectivity index is 1.60. The second kappa shape index (κ2) is 6.55. The molecule has 0 aliphatic heterocycles. The molecule has 4 rings (SSSR count). The maximum Gasteiger partial charge on any atom is 0.274 e. The van der Waals surface area contributed by atoms with Gasteiger partial charge < -0.3 is 4.57 Å². The van der Waals surface area contributed by atoms with E-state index in [1.165, 1.54) is 17.4 Å². The lowest BCUT2D eigenvalue weighted by molar-refractivity contribution is 0.101. The predicted octanol–water partition coefficient (Wildman–Crippen LogP) is 5.35. The highest BCUT2D eigenvalue weighted by atomic mass is 35.5. The molecular weight excluding hydrogens is 373 g/mol. The molecule has 0 fully saturated rings. The molecule has 0 bridgehead atoms. The van der Waals surface area contributed by atoms with Crippen LogP contribution < -0.4 is 5.32 Å². The summed E-state index contributed by atoms with van der Waals surface area (Å²) in [5.41, 5.74) is 2.70. The highest BCUT2D eigenvalue weighted by Crippen LogP contribution is 2.27. The van der Waals surface area contributed by atoms with Crippen LogP contribution in [0.4, 0.5) is 9.52 Å². The molecule has 26 heavy (non-hydrogen) atoms. The van der Waals surface area contributed by atoms with Crippen LogP contribution in [0.15, 0.2) is 53.9 Å². The minimum absolute atomic E-state index is 0.333. The molecule has 1 amide bonds. The topological polar surface area (TPSA) is 46.9 Å². The number of thiazole rings is 1. The number of carbonyl (C=O) groups excluding carboxylic acids is 1. The number of carbonyl (C=O) groups is 1.